The highest BCUT2D eigenvalue weighted by atomic mass is 32.2. The summed E-state index contributed by atoms with van der Waals surface area (Å²) in [5, 5.41) is 14.0. The normalized spacial score (nSPS) is 10.9. The van der Waals surface area contributed by atoms with Gasteiger partial charge < -0.3 is 5.32 Å². The summed E-state index contributed by atoms with van der Waals surface area (Å²) in [6.07, 6.45) is 0. The quantitative estimate of drug-likeness (QED) is 0.186. The molecule has 1 aromatic heterocycles. The zero-order valence-electron chi connectivity index (χ0n) is 17.6. The minimum Gasteiger partial charge on any atom is -0.325 e. The summed E-state index contributed by atoms with van der Waals surface area (Å²) in [5.74, 6) is -2.50. The van der Waals surface area contributed by atoms with Gasteiger partial charge in [-0.1, -0.05) is 30.0 Å². The molecule has 3 aromatic carbocycles. The molecule has 0 aliphatic carbocycles. The number of nitrogens with one attached hydrogen (secondary N) is 1. The number of nitro benzene ring substituents is 1. The van der Waals surface area contributed by atoms with E-state index in [2.05, 4.69) is 10.3 Å². The molecule has 0 spiro atoms. The first kappa shape index (κ1) is 23.1. The van der Waals surface area contributed by atoms with Gasteiger partial charge in [-0.05, 0) is 37.3 Å². The standard InChI is InChI=1S/C23H16F2N4O4S/c1-13-17(7-4-8-19(13)29(32)33)26-21(30)12-34-23-27-18-6-3-2-5-15(18)22(31)28(23)20-10-9-14(24)11-16(20)25/h2-11H,12H2,1H3,(H,26,30). The lowest BCUT2D eigenvalue weighted by Gasteiger charge is -2.14. The Kier molecular flexibility index (Phi) is 6.37. The molecule has 1 N–H and O–H groups in total. The third-order valence-electron chi connectivity index (χ3n) is 5.00. The van der Waals surface area contributed by atoms with E-state index in [1.54, 1.807) is 18.2 Å². The Morgan fingerprint density at radius 3 is 2.65 bits per heavy atom. The molecule has 0 radical (unpaired) electrons. The fraction of sp³-hybridized carbons (Fsp3) is 0.0870. The highest BCUT2D eigenvalue weighted by molar-refractivity contribution is 7.99. The Bertz CT molecular complexity index is 1510. The smallest absolute Gasteiger partial charge is 0.274 e. The summed E-state index contributed by atoms with van der Waals surface area (Å²) in [5.41, 5.74) is -0.00479. The molecule has 0 unspecified atom stereocenters. The first-order valence-electron chi connectivity index (χ1n) is 9.90. The van der Waals surface area contributed by atoms with Crippen LogP contribution >= 0.6 is 11.8 Å². The van der Waals surface area contributed by atoms with Crippen molar-refractivity contribution in [3.05, 3.63) is 98.3 Å². The van der Waals surface area contributed by atoms with Crippen molar-refractivity contribution in [2.75, 3.05) is 11.1 Å². The van der Waals surface area contributed by atoms with E-state index in [9.17, 15) is 28.5 Å². The number of fused-ring (bicyclic) bond motifs is 1. The van der Waals surface area contributed by atoms with Gasteiger partial charge in [-0.3, -0.25) is 24.3 Å². The Morgan fingerprint density at radius 2 is 1.91 bits per heavy atom. The minimum atomic E-state index is -0.960. The molecule has 0 saturated carbocycles. The van der Waals surface area contributed by atoms with Gasteiger partial charge >= 0.3 is 0 Å². The fourth-order valence-corrected chi connectivity index (χ4v) is 4.16. The Hall–Kier alpha value is -4.12. The summed E-state index contributed by atoms with van der Waals surface area (Å²) in [7, 11) is 0. The van der Waals surface area contributed by atoms with Gasteiger partial charge in [-0.25, -0.2) is 13.8 Å². The van der Waals surface area contributed by atoms with E-state index in [4.69, 9.17) is 0 Å². The summed E-state index contributed by atoms with van der Waals surface area (Å²) in [6, 6.07) is 13.6. The van der Waals surface area contributed by atoms with E-state index in [0.29, 0.717) is 17.1 Å². The van der Waals surface area contributed by atoms with Gasteiger partial charge in [-0.2, -0.15) is 0 Å². The molecule has 4 rings (SSSR count). The second kappa shape index (κ2) is 9.40. The van der Waals surface area contributed by atoms with Crippen LogP contribution in [0.3, 0.4) is 0 Å². The van der Waals surface area contributed by atoms with Crippen LogP contribution in [0.15, 0.2) is 70.6 Å². The van der Waals surface area contributed by atoms with Crippen LogP contribution < -0.4 is 10.9 Å². The molecular weight excluding hydrogens is 466 g/mol. The number of amides is 1. The molecule has 11 heteroatoms. The van der Waals surface area contributed by atoms with Crippen molar-refractivity contribution in [1.29, 1.82) is 0 Å². The largest absolute Gasteiger partial charge is 0.325 e. The van der Waals surface area contributed by atoms with E-state index in [0.717, 1.165) is 28.5 Å². The molecule has 34 heavy (non-hydrogen) atoms. The number of carbonyl (C=O) groups is 1. The number of nitrogens with zero attached hydrogens (tertiary/aromatic N) is 3. The number of halogens is 2. The predicted molar refractivity (Wildman–Crippen MR) is 124 cm³/mol. The summed E-state index contributed by atoms with van der Waals surface area (Å²) < 4.78 is 29.0. The average molecular weight is 482 g/mol. The monoisotopic (exact) mass is 482 g/mol. The summed E-state index contributed by atoms with van der Waals surface area (Å²) >= 11 is 0.873. The number of carbonyl (C=O) groups excluding carboxylic acids is 1. The molecule has 4 aromatic rings. The summed E-state index contributed by atoms with van der Waals surface area (Å²) in [6.45, 7) is 1.51. The molecule has 0 aliphatic heterocycles. The Balaban J connectivity index is 1.68. The van der Waals surface area contributed by atoms with Gasteiger partial charge in [0.15, 0.2) is 5.16 Å². The van der Waals surface area contributed by atoms with Crippen molar-refractivity contribution in [2.45, 2.75) is 12.1 Å². The van der Waals surface area contributed by atoms with Crippen LogP contribution in [0.1, 0.15) is 5.56 Å². The van der Waals surface area contributed by atoms with Crippen molar-refractivity contribution in [3.63, 3.8) is 0 Å². The van der Waals surface area contributed by atoms with Crippen molar-refractivity contribution >= 4 is 39.9 Å². The van der Waals surface area contributed by atoms with E-state index in [1.807, 2.05) is 0 Å². The van der Waals surface area contributed by atoms with Crippen LogP contribution in [0.4, 0.5) is 20.2 Å². The van der Waals surface area contributed by atoms with Gasteiger partial charge in [0.2, 0.25) is 5.91 Å². The predicted octanol–water partition coefficient (Wildman–Crippen LogP) is 4.61. The van der Waals surface area contributed by atoms with Crippen LogP contribution in [0, 0.1) is 28.7 Å². The second-order valence-corrected chi connectivity index (χ2v) is 8.13. The van der Waals surface area contributed by atoms with Crippen molar-refractivity contribution in [2.24, 2.45) is 0 Å². The summed E-state index contributed by atoms with van der Waals surface area (Å²) in [4.78, 5) is 40.7. The van der Waals surface area contributed by atoms with Gasteiger partial charge in [0.1, 0.15) is 11.6 Å². The van der Waals surface area contributed by atoms with Gasteiger partial charge in [0.25, 0.3) is 11.2 Å². The number of thioether (sulfide) groups is 1. The number of aromatic nitrogens is 2. The van der Waals surface area contributed by atoms with Crippen LogP contribution in [0.25, 0.3) is 16.6 Å². The topological polar surface area (TPSA) is 107 Å². The maximum Gasteiger partial charge on any atom is 0.274 e. The molecule has 0 bridgehead atoms. The van der Waals surface area contributed by atoms with Crippen molar-refractivity contribution < 1.29 is 18.5 Å². The minimum absolute atomic E-state index is 0.0279. The molecule has 1 heterocycles. The number of rotatable bonds is 6. The number of hydrogen-bond acceptors (Lipinski definition) is 6. The molecule has 0 saturated heterocycles. The fourth-order valence-electron chi connectivity index (χ4n) is 3.36. The van der Waals surface area contributed by atoms with Crippen molar-refractivity contribution in [1.82, 2.24) is 9.55 Å². The second-order valence-electron chi connectivity index (χ2n) is 7.19. The number of hydrogen-bond donors (Lipinski definition) is 1. The first-order chi connectivity index (χ1) is 16.3. The lowest BCUT2D eigenvalue weighted by atomic mass is 10.1. The number of para-hydroxylation sites is 1. The van der Waals surface area contributed by atoms with E-state index >= 15 is 0 Å². The molecular formula is C23H16F2N4O4S. The van der Waals surface area contributed by atoms with Crippen LogP contribution in [-0.2, 0) is 4.79 Å². The van der Waals surface area contributed by atoms with Crippen LogP contribution in [0.2, 0.25) is 0 Å². The van der Waals surface area contributed by atoms with Crippen LogP contribution in [0.5, 0.6) is 0 Å². The third kappa shape index (κ3) is 4.50. The lowest BCUT2D eigenvalue weighted by molar-refractivity contribution is -0.385. The Labute approximate surface area is 195 Å². The van der Waals surface area contributed by atoms with Crippen molar-refractivity contribution in [3.8, 4) is 5.69 Å². The molecule has 0 fully saturated rings. The van der Waals surface area contributed by atoms with E-state index in [-0.39, 0.29) is 33.4 Å². The average Bonchev–Trinajstić information content (AvgIpc) is 2.80. The van der Waals surface area contributed by atoms with Gasteiger partial charge in [-0.15, -0.1) is 0 Å². The zero-order valence-corrected chi connectivity index (χ0v) is 18.4. The highest BCUT2D eigenvalue weighted by Gasteiger charge is 2.19. The maximum absolute atomic E-state index is 14.6. The first-order valence-corrected chi connectivity index (χ1v) is 10.9. The third-order valence-corrected chi connectivity index (χ3v) is 5.94. The maximum atomic E-state index is 14.6. The van der Waals surface area contributed by atoms with Gasteiger partial charge in [0, 0.05) is 12.1 Å². The number of benzene rings is 3. The SMILES string of the molecule is Cc1c(NC(=O)CSc2nc3ccccc3c(=O)n2-c2ccc(F)cc2F)cccc1[N+](=O)[O-]. The van der Waals surface area contributed by atoms with Gasteiger partial charge in [0.05, 0.1) is 38.5 Å². The molecule has 0 aliphatic rings. The molecule has 0 atom stereocenters. The molecule has 1 amide bonds. The van der Waals surface area contributed by atoms with E-state index in [1.165, 1.54) is 31.2 Å². The number of nitro groups is 1. The molecule has 8 nitrogen and oxygen atoms in total. The highest BCUT2D eigenvalue weighted by Crippen LogP contribution is 2.26. The number of anilines is 1. The molecule has 172 valence electrons. The zero-order chi connectivity index (χ0) is 24.4. The lowest BCUT2D eigenvalue weighted by Crippen LogP contribution is -2.24. The van der Waals surface area contributed by atoms with E-state index < -0.39 is 28.0 Å². The van der Waals surface area contributed by atoms with Crippen LogP contribution in [-0.4, -0.2) is 26.1 Å². The Morgan fingerprint density at radius 1 is 1.15 bits per heavy atom.